The first kappa shape index (κ1) is 9.34. The Hall–Kier alpha value is -1.22. The Morgan fingerprint density at radius 3 is 3.00 bits per heavy atom. The Morgan fingerprint density at radius 1 is 1.50 bits per heavy atom. The van der Waals surface area contributed by atoms with Gasteiger partial charge in [0.05, 0.1) is 14.7 Å². The first-order valence-electron chi connectivity index (χ1n) is 3.87. The smallest absolute Gasteiger partial charge is 0.147 e. The molecular formula is C10H4FIN2. The minimum absolute atomic E-state index is 0.328. The summed E-state index contributed by atoms with van der Waals surface area (Å²) in [4.78, 5) is 4.00. The van der Waals surface area contributed by atoms with Crippen molar-refractivity contribution >= 4 is 33.5 Å². The lowest BCUT2D eigenvalue weighted by atomic mass is 10.1. The number of fused-ring (bicyclic) bond motifs is 1. The van der Waals surface area contributed by atoms with Crippen LogP contribution in [0.2, 0.25) is 0 Å². The molecule has 0 aliphatic carbocycles. The Kier molecular flexibility index (Phi) is 2.33. The van der Waals surface area contributed by atoms with Crippen molar-refractivity contribution in [2.75, 3.05) is 0 Å². The number of halogens is 2. The van der Waals surface area contributed by atoms with Gasteiger partial charge in [-0.05, 0) is 40.8 Å². The van der Waals surface area contributed by atoms with E-state index in [-0.39, 0.29) is 5.82 Å². The zero-order valence-corrected chi connectivity index (χ0v) is 9.12. The molecular weight excluding hydrogens is 294 g/mol. The maximum absolute atomic E-state index is 13.6. The Morgan fingerprint density at radius 2 is 2.29 bits per heavy atom. The molecule has 0 saturated carbocycles. The van der Waals surface area contributed by atoms with Gasteiger partial charge in [0.15, 0.2) is 0 Å². The third kappa shape index (κ3) is 1.34. The van der Waals surface area contributed by atoms with Crippen LogP contribution in [-0.4, -0.2) is 4.98 Å². The Bertz CT molecular complexity index is 546. The standard InChI is InChI=1S/C10H4FIN2/c11-9-7-2-1-3-14-8(7)4-6(5-13)10(9)12/h1-4H. The van der Waals surface area contributed by atoms with Gasteiger partial charge in [0.2, 0.25) is 0 Å². The number of nitriles is 1. The molecule has 68 valence electrons. The topological polar surface area (TPSA) is 36.7 Å². The van der Waals surface area contributed by atoms with E-state index in [9.17, 15) is 4.39 Å². The van der Waals surface area contributed by atoms with Gasteiger partial charge >= 0.3 is 0 Å². The second-order valence-electron chi connectivity index (χ2n) is 2.73. The van der Waals surface area contributed by atoms with E-state index in [4.69, 9.17) is 5.26 Å². The van der Waals surface area contributed by atoms with Gasteiger partial charge in [0.1, 0.15) is 11.9 Å². The minimum Gasteiger partial charge on any atom is -0.256 e. The molecule has 0 fully saturated rings. The van der Waals surface area contributed by atoms with E-state index in [2.05, 4.69) is 4.98 Å². The summed E-state index contributed by atoms with van der Waals surface area (Å²) in [6.07, 6.45) is 1.58. The Labute approximate surface area is 93.5 Å². The molecule has 0 aliphatic heterocycles. The van der Waals surface area contributed by atoms with Crippen molar-refractivity contribution in [2.45, 2.75) is 0 Å². The number of nitrogens with zero attached hydrogens (tertiary/aromatic N) is 2. The fraction of sp³-hybridized carbons (Fsp3) is 0. The van der Waals surface area contributed by atoms with Crippen molar-refractivity contribution in [1.82, 2.24) is 4.98 Å². The summed E-state index contributed by atoms with van der Waals surface area (Å²) in [6, 6.07) is 6.87. The highest BCUT2D eigenvalue weighted by atomic mass is 127. The molecule has 0 N–H and O–H groups in total. The lowest BCUT2D eigenvalue weighted by Gasteiger charge is -2.02. The largest absolute Gasteiger partial charge is 0.256 e. The SMILES string of the molecule is N#Cc1cc2ncccc2c(F)c1I. The molecule has 0 atom stereocenters. The van der Waals surface area contributed by atoms with E-state index in [1.54, 1.807) is 24.4 Å². The van der Waals surface area contributed by atoms with Crippen molar-refractivity contribution in [3.05, 3.63) is 39.3 Å². The van der Waals surface area contributed by atoms with Crippen molar-refractivity contribution in [1.29, 1.82) is 5.26 Å². The van der Waals surface area contributed by atoms with Crippen molar-refractivity contribution < 1.29 is 4.39 Å². The molecule has 0 bridgehead atoms. The molecule has 2 nitrogen and oxygen atoms in total. The molecule has 0 amide bonds. The fourth-order valence-corrected chi connectivity index (χ4v) is 1.80. The Balaban J connectivity index is 2.94. The maximum Gasteiger partial charge on any atom is 0.147 e. The summed E-state index contributed by atoms with van der Waals surface area (Å²) in [5.74, 6) is -0.368. The number of pyridine rings is 1. The van der Waals surface area contributed by atoms with Crippen molar-refractivity contribution in [3.63, 3.8) is 0 Å². The van der Waals surface area contributed by atoms with Crippen LogP contribution in [0.15, 0.2) is 24.4 Å². The summed E-state index contributed by atoms with van der Waals surface area (Å²) < 4.78 is 14.0. The number of rotatable bonds is 0. The molecule has 0 unspecified atom stereocenters. The summed E-state index contributed by atoms with van der Waals surface area (Å²) >= 11 is 1.83. The molecule has 1 heterocycles. The van der Waals surface area contributed by atoms with Crippen LogP contribution in [0, 0.1) is 20.7 Å². The van der Waals surface area contributed by atoms with Crippen molar-refractivity contribution in [3.8, 4) is 6.07 Å². The van der Waals surface area contributed by atoms with E-state index >= 15 is 0 Å². The lowest BCUT2D eigenvalue weighted by Crippen LogP contribution is -1.91. The van der Waals surface area contributed by atoms with E-state index in [1.807, 2.05) is 28.7 Å². The molecule has 0 spiro atoms. The highest BCUT2D eigenvalue weighted by Crippen LogP contribution is 2.23. The minimum atomic E-state index is -0.368. The van der Waals surface area contributed by atoms with Gasteiger partial charge in [-0.15, -0.1) is 0 Å². The monoisotopic (exact) mass is 298 g/mol. The molecule has 14 heavy (non-hydrogen) atoms. The van der Waals surface area contributed by atoms with E-state index in [0.29, 0.717) is 20.0 Å². The average Bonchev–Trinajstić information content (AvgIpc) is 2.23. The van der Waals surface area contributed by atoms with Gasteiger partial charge in [-0.3, -0.25) is 4.98 Å². The summed E-state index contributed by atoms with van der Waals surface area (Å²) in [5.41, 5.74) is 0.844. The van der Waals surface area contributed by atoms with E-state index in [1.165, 1.54) is 0 Å². The molecule has 1 aromatic carbocycles. The normalized spacial score (nSPS) is 10.1. The van der Waals surface area contributed by atoms with Gasteiger partial charge < -0.3 is 0 Å². The molecule has 0 radical (unpaired) electrons. The van der Waals surface area contributed by atoms with Gasteiger partial charge in [-0.1, -0.05) is 0 Å². The van der Waals surface area contributed by atoms with Crippen LogP contribution < -0.4 is 0 Å². The second-order valence-corrected chi connectivity index (χ2v) is 3.81. The van der Waals surface area contributed by atoms with Gasteiger partial charge in [-0.2, -0.15) is 5.26 Å². The van der Waals surface area contributed by atoms with E-state index < -0.39 is 0 Å². The first-order chi connectivity index (χ1) is 6.74. The third-order valence-electron chi connectivity index (χ3n) is 1.91. The van der Waals surface area contributed by atoms with Crippen LogP contribution >= 0.6 is 22.6 Å². The second kappa shape index (κ2) is 3.50. The summed E-state index contributed by atoms with van der Waals surface area (Å²) in [5, 5.41) is 9.21. The van der Waals surface area contributed by atoms with Crippen LogP contribution in [0.4, 0.5) is 4.39 Å². The quantitative estimate of drug-likeness (QED) is 0.701. The molecule has 1 aromatic heterocycles. The average molecular weight is 298 g/mol. The lowest BCUT2D eigenvalue weighted by molar-refractivity contribution is 0.631. The molecule has 2 rings (SSSR count). The molecule has 0 aliphatic rings. The number of aromatic nitrogens is 1. The molecule has 4 heteroatoms. The van der Waals surface area contributed by atoms with Gasteiger partial charge in [-0.25, -0.2) is 4.39 Å². The number of hydrogen-bond acceptors (Lipinski definition) is 2. The number of benzene rings is 1. The zero-order chi connectivity index (χ0) is 10.1. The van der Waals surface area contributed by atoms with Crippen LogP contribution in [0.5, 0.6) is 0 Å². The highest BCUT2D eigenvalue weighted by molar-refractivity contribution is 14.1. The third-order valence-corrected chi connectivity index (χ3v) is 2.96. The fourth-order valence-electron chi connectivity index (χ4n) is 1.24. The summed E-state index contributed by atoms with van der Waals surface area (Å²) in [7, 11) is 0. The highest BCUT2D eigenvalue weighted by Gasteiger charge is 2.10. The van der Waals surface area contributed by atoms with Crippen LogP contribution in [0.25, 0.3) is 10.9 Å². The predicted molar refractivity (Wildman–Crippen MR) is 59.1 cm³/mol. The van der Waals surface area contributed by atoms with E-state index in [0.717, 1.165) is 0 Å². The van der Waals surface area contributed by atoms with Crippen LogP contribution in [0.1, 0.15) is 5.56 Å². The van der Waals surface area contributed by atoms with Gasteiger partial charge in [0, 0.05) is 11.6 Å². The zero-order valence-electron chi connectivity index (χ0n) is 6.96. The molecule has 2 aromatic rings. The van der Waals surface area contributed by atoms with Crippen molar-refractivity contribution in [2.24, 2.45) is 0 Å². The van der Waals surface area contributed by atoms with Crippen LogP contribution in [0.3, 0.4) is 0 Å². The van der Waals surface area contributed by atoms with Gasteiger partial charge in [0.25, 0.3) is 0 Å². The van der Waals surface area contributed by atoms with Crippen LogP contribution in [-0.2, 0) is 0 Å². The number of hydrogen-bond donors (Lipinski definition) is 0. The maximum atomic E-state index is 13.6. The molecule has 0 saturated heterocycles. The predicted octanol–water partition coefficient (Wildman–Crippen LogP) is 2.85. The summed E-state index contributed by atoms with van der Waals surface area (Å²) in [6.45, 7) is 0. The first-order valence-corrected chi connectivity index (χ1v) is 4.94.